The third kappa shape index (κ3) is 5.03. The Hall–Kier alpha value is -2.93. The van der Waals surface area contributed by atoms with Gasteiger partial charge in [0.05, 0.1) is 12.3 Å². The molecule has 168 valence electrons. The van der Waals surface area contributed by atoms with Gasteiger partial charge >= 0.3 is 0 Å². The van der Waals surface area contributed by atoms with Gasteiger partial charge < -0.3 is 10.1 Å². The van der Waals surface area contributed by atoms with Crippen molar-refractivity contribution in [3.8, 4) is 5.75 Å². The van der Waals surface area contributed by atoms with E-state index in [1.54, 1.807) is 54.6 Å². The van der Waals surface area contributed by atoms with Crippen molar-refractivity contribution in [1.82, 2.24) is 0 Å². The van der Waals surface area contributed by atoms with Gasteiger partial charge in [-0.2, -0.15) is 0 Å². The Kier molecular flexibility index (Phi) is 6.98. The molecule has 4 rings (SSSR count). The molecule has 5 nitrogen and oxygen atoms in total. The van der Waals surface area contributed by atoms with Gasteiger partial charge in [0.2, 0.25) is 0 Å². The fourth-order valence-corrected chi connectivity index (χ4v) is 4.65. The largest absolute Gasteiger partial charge is 0.494 e. The number of imide groups is 1. The highest BCUT2D eigenvalue weighted by molar-refractivity contribution is 8.04. The van der Waals surface area contributed by atoms with Crippen molar-refractivity contribution in [1.29, 1.82) is 0 Å². The van der Waals surface area contributed by atoms with Crippen LogP contribution in [0.2, 0.25) is 10.0 Å². The predicted octanol–water partition coefficient (Wildman–Crippen LogP) is 6.69. The summed E-state index contributed by atoms with van der Waals surface area (Å²) in [6, 6.07) is 19.4. The molecule has 33 heavy (non-hydrogen) atoms. The van der Waals surface area contributed by atoms with Gasteiger partial charge in [0.25, 0.3) is 11.8 Å². The first-order valence-electron chi connectivity index (χ1n) is 10.2. The van der Waals surface area contributed by atoms with E-state index in [9.17, 15) is 9.59 Å². The summed E-state index contributed by atoms with van der Waals surface area (Å²) in [7, 11) is 0. The summed E-state index contributed by atoms with van der Waals surface area (Å²) in [6.45, 7) is 4.28. The second kappa shape index (κ2) is 9.91. The van der Waals surface area contributed by atoms with Crippen LogP contribution in [0.25, 0.3) is 0 Å². The van der Waals surface area contributed by atoms with E-state index in [-0.39, 0.29) is 5.70 Å². The Morgan fingerprint density at radius 1 is 0.909 bits per heavy atom. The zero-order valence-electron chi connectivity index (χ0n) is 17.9. The lowest BCUT2D eigenvalue weighted by atomic mass is 10.2. The van der Waals surface area contributed by atoms with E-state index in [0.29, 0.717) is 32.9 Å². The van der Waals surface area contributed by atoms with E-state index in [1.807, 2.05) is 26.0 Å². The first kappa shape index (κ1) is 23.2. The fraction of sp³-hybridized carbons (Fsp3) is 0.120. The van der Waals surface area contributed by atoms with Crippen LogP contribution in [-0.2, 0) is 9.59 Å². The molecule has 1 N–H and O–H groups in total. The van der Waals surface area contributed by atoms with Crippen molar-refractivity contribution >= 4 is 58.2 Å². The molecule has 0 aliphatic carbocycles. The average molecular weight is 499 g/mol. The van der Waals surface area contributed by atoms with Gasteiger partial charge in [-0.15, -0.1) is 0 Å². The highest BCUT2D eigenvalue weighted by atomic mass is 35.5. The minimum atomic E-state index is -0.434. The summed E-state index contributed by atoms with van der Waals surface area (Å²) in [5, 5.41) is 4.27. The van der Waals surface area contributed by atoms with Gasteiger partial charge in [0.1, 0.15) is 16.4 Å². The lowest BCUT2D eigenvalue weighted by molar-refractivity contribution is -0.120. The fourth-order valence-electron chi connectivity index (χ4n) is 3.37. The van der Waals surface area contributed by atoms with Crippen LogP contribution in [0.5, 0.6) is 5.75 Å². The Balaban J connectivity index is 1.72. The topological polar surface area (TPSA) is 58.6 Å². The predicted molar refractivity (Wildman–Crippen MR) is 134 cm³/mol. The van der Waals surface area contributed by atoms with Crippen molar-refractivity contribution in [2.24, 2.45) is 0 Å². The Bertz CT molecular complexity index is 1240. The zero-order valence-corrected chi connectivity index (χ0v) is 20.2. The lowest BCUT2D eigenvalue weighted by Gasteiger charge is -2.18. The maximum absolute atomic E-state index is 13.5. The number of aryl methyl sites for hydroxylation is 1. The third-order valence-electron chi connectivity index (χ3n) is 4.91. The number of ether oxygens (including phenoxy) is 1. The number of anilines is 2. The van der Waals surface area contributed by atoms with Crippen molar-refractivity contribution in [2.75, 3.05) is 16.8 Å². The minimum absolute atomic E-state index is 0.207. The molecular formula is C25H20Cl2N2O3S. The monoisotopic (exact) mass is 498 g/mol. The van der Waals surface area contributed by atoms with Crippen LogP contribution < -0.4 is 15.0 Å². The van der Waals surface area contributed by atoms with Gasteiger partial charge in [-0.25, -0.2) is 4.90 Å². The maximum atomic E-state index is 13.5. The molecule has 0 bridgehead atoms. The molecule has 3 aromatic carbocycles. The standard InChI is InChI=1S/C25H20Cl2N2O3S/c1-3-32-19-9-7-18(8-10-19)28-22-23(33-20-11-4-16(26)5-12-20)25(31)29(24(22)30)21-13-6-17(27)14-15(21)2/h4-14,28H,3H2,1-2H3. The van der Waals surface area contributed by atoms with Crippen LogP contribution in [-0.4, -0.2) is 18.4 Å². The molecule has 1 heterocycles. The normalized spacial score (nSPS) is 13.6. The van der Waals surface area contributed by atoms with Crippen LogP contribution in [0.15, 0.2) is 82.2 Å². The molecule has 8 heteroatoms. The summed E-state index contributed by atoms with van der Waals surface area (Å²) in [5.41, 5.74) is 2.09. The average Bonchev–Trinajstić information content (AvgIpc) is 3.01. The van der Waals surface area contributed by atoms with Gasteiger partial charge in [-0.1, -0.05) is 35.0 Å². The van der Waals surface area contributed by atoms with Crippen molar-refractivity contribution in [3.63, 3.8) is 0 Å². The number of carbonyl (C=O) groups excluding carboxylic acids is 2. The summed E-state index contributed by atoms with van der Waals surface area (Å²) in [4.78, 5) is 29.2. The Morgan fingerprint density at radius 2 is 1.58 bits per heavy atom. The second-order valence-corrected chi connectivity index (χ2v) is 9.18. The van der Waals surface area contributed by atoms with E-state index in [0.717, 1.165) is 16.2 Å². The summed E-state index contributed by atoms with van der Waals surface area (Å²) in [5.74, 6) is -0.116. The summed E-state index contributed by atoms with van der Waals surface area (Å²) < 4.78 is 5.48. The molecule has 1 aliphatic heterocycles. The van der Waals surface area contributed by atoms with Gasteiger partial charge in [-0.05, 0) is 86.1 Å². The smallest absolute Gasteiger partial charge is 0.283 e. The number of thioether (sulfide) groups is 1. The van der Waals surface area contributed by atoms with Gasteiger partial charge in [0.15, 0.2) is 0 Å². The molecule has 0 spiro atoms. The molecule has 3 aromatic rings. The summed E-state index contributed by atoms with van der Waals surface area (Å²) in [6.07, 6.45) is 0. The number of nitrogens with zero attached hydrogens (tertiary/aromatic N) is 1. The Labute approximate surface area is 206 Å². The number of rotatable bonds is 7. The highest BCUT2D eigenvalue weighted by Crippen LogP contribution is 2.39. The number of hydrogen-bond acceptors (Lipinski definition) is 5. The van der Waals surface area contributed by atoms with E-state index in [1.165, 1.54) is 16.7 Å². The molecule has 0 atom stereocenters. The minimum Gasteiger partial charge on any atom is -0.494 e. The van der Waals surface area contributed by atoms with Crippen LogP contribution in [0.4, 0.5) is 11.4 Å². The molecular weight excluding hydrogens is 479 g/mol. The van der Waals surface area contributed by atoms with Crippen molar-refractivity contribution < 1.29 is 14.3 Å². The number of halogens is 2. The third-order valence-corrected chi connectivity index (χ3v) is 6.49. The maximum Gasteiger partial charge on any atom is 0.283 e. The number of benzene rings is 3. The number of nitrogens with one attached hydrogen (secondary N) is 1. The first-order chi connectivity index (χ1) is 15.9. The molecule has 0 saturated heterocycles. The molecule has 0 radical (unpaired) electrons. The van der Waals surface area contributed by atoms with Crippen LogP contribution in [0.1, 0.15) is 12.5 Å². The highest BCUT2D eigenvalue weighted by Gasteiger charge is 2.40. The van der Waals surface area contributed by atoms with Gasteiger partial charge in [0, 0.05) is 20.6 Å². The number of carbonyl (C=O) groups is 2. The molecule has 0 fully saturated rings. The SMILES string of the molecule is CCOc1ccc(NC2=C(Sc3ccc(Cl)cc3)C(=O)N(c3ccc(Cl)cc3C)C2=O)cc1. The molecule has 0 aromatic heterocycles. The Morgan fingerprint density at radius 3 is 2.21 bits per heavy atom. The molecule has 0 saturated carbocycles. The van der Waals surface area contributed by atoms with Crippen molar-refractivity contribution in [2.45, 2.75) is 18.7 Å². The lowest BCUT2D eigenvalue weighted by Crippen LogP contribution is -2.32. The van der Waals surface area contributed by atoms with E-state index < -0.39 is 11.8 Å². The van der Waals surface area contributed by atoms with E-state index >= 15 is 0 Å². The molecule has 2 amide bonds. The van der Waals surface area contributed by atoms with Crippen LogP contribution in [0, 0.1) is 6.92 Å². The molecule has 1 aliphatic rings. The second-order valence-electron chi connectivity index (χ2n) is 7.22. The zero-order chi connectivity index (χ0) is 23.5. The summed E-state index contributed by atoms with van der Waals surface area (Å²) >= 11 is 13.3. The van der Waals surface area contributed by atoms with Crippen LogP contribution in [0.3, 0.4) is 0 Å². The van der Waals surface area contributed by atoms with Gasteiger partial charge in [-0.3, -0.25) is 9.59 Å². The quantitative estimate of drug-likeness (QED) is 0.367. The number of hydrogen-bond donors (Lipinski definition) is 1. The van der Waals surface area contributed by atoms with E-state index in [2.05, 4.69) is 5.32 Å². The van der Waals surface area contributed by atoms with Crippen LogP contribution >= 0.6 is 35.0 Å². The number of amides is 2. The van der Waals surface area contributed by atoms with Crippen molar-refractivity contribution in [3.05, 3.63) is 92.9 Å². The van der Waals surface area contributed by atoms with E-state index in [4.69, 9.17) is 27.9 Å². The first-order valence-corrected chi connectivity index (χ1v) is 11.8. The molecule has 0 unspecified atom stereocenters.